The standard InChI is InChI=1S/C29H39FO3/c1-3-5-6-28(30)29(31)33-27-17-11-23(12-18-27)8-7-22-9-13-24(14-10-22)25-15-19-26(20-16-25)32-21-4-2/h9-10,13-16,19-20,23,27-28H,3-8,11-12,17-18,21H2,1-2H3/t23-,27-,28-/m0/s1. The van der Waals surface area contributed by atoms with Crippen LogP contribution in [0.25, 0.3) is 11.1 Å². The number of halogens is 1. The van der Waals surface area contributed by atoms with Gasteiger partial charge in [-0.15, -0.1) is 0 Å². The van der Waals surface area contributed by atoms with Crippen LogP contribution in [0.15, 0.2) is 48.5 Å². The first-order valence-corrected chi connectivity index (χ1v) is 12.8. The van der Waals surface area contributed by atoms with Gasteiger partial charge in [-0.2, -0.15) is 0 Å². The Labute approximate surface area is 198 Å². The van der Waals surface area contributed by atoms with Crippen LogP contribution in [0.2, 0.25) is 0 Å². The van der Waals surface area contributed by atoms with Crippen LogP contribution in [-0.4, -0.2) is 24.9 Å². The summed E-state index contributed by atoms with van der Waals surface area (Å²) in [6.45, 7) is 4.85. The van der Waals surface area contributed by atoms with E-state index in [0.717, 1.165) is 70.1 Å². The highest BCUT2D eigenvalue weighted by Gasteiger charge is 2.27. The molecule has 0 heterocycles. The molecule has 1 aliphatic rings. The Morgan fingerprint density at radius 3 is 2.18 bits per heavy atom. The second-order valence-corrected chi connectivity index (χ2v) is 9.30. The van der Waals surface area contributed by atoms with Crippen LogP contribution >= 0.6 is 0 Å². The Balaban J connectivity index is 1.39. The molecule has 0 radical (unpaired) electrons. The third-order valence-electron chi connectivity index (χ3n) is 6.60. The van der Waals surface area contributed by atoms with Gasteiger partial charge in [0.25, 0.3) is 0 Å². The lowest BCUT2D eigenvalue weighted by Gasteiger charge is -2.28. The Kier molecular flexibility index (Phi) is 10.2. The molecule has 3 nitrogen and oxygen atoms in total. The van der Waals surface area contributed by atoms with Crippen LogP contribution in [0.5, 0.6) is 5.75 Å². The van der Waals surface area contributed by atoms with Crippen molar-refractivity contribution in [1.29, 1.82) is 0 Å². The summed E-state index contributed by atoms with van der Waals surface area (Å²) in [5.74, 6) is 0.911. The topological polar surface area (TPSA) is 35.5 Å². The van der Waals surface area contributed by atoms with Crippen molar-refractivity contribution in [3.05, 3.63) is 54.1 Å². The summed E-state index contributed by atoms with van der Waals surface area (Å²) in [5.41, 5.74) is 3.77. The lowest BCUT2D eigenvalue weighted by molar-refractivity contribution is -0.157. The van der Waals surface area contributed by atoms with E-state index < -0.39 is 12.1 Å². The average Bonchev–Trinajstić information content (AvgIpc) is 2.86. The number of hydrogen-bond acceptors (Lipinski definition) is 3. The quantitative estimate of drug-likeness (QED) is 0.308. The van der Waals surface area contributed by atoms with Gasteiger partial charge in [0.2, 0.25) is 0 Å². The van der Waals surface area contributed by atoms with Crippen molar-refractivity contribution >= 4 is 5.97 Å². The van der Waals surface area contributed by atoms with Crippen LogP contribution in [0.4, 0.5) is 4.39 Å². The normalized spacial score (nSPS) is 19.1. The maximum Gasteiger partial charge on any atom is 0.340 e. The van der Waals surface area contributed by atoms with E-state index in [1.54, 1.807) is 0 Å². The Hall–Kier alpha value is -2.36. The van der Waals surface area contributed by atoms with E-state index >= 15 is 0 Å². The van der Waals surface area contributed by atoms with Crippen molar-refractivity contribution < 1.29 is 18.7 Å². The minimum atomic E-state index is -1.46. The molecule has 4 heteroatoms. The number of ether oxygens (including phenoxy) is 2. The first-order chi connectivity index (χ1) is 16.1. The molecule has 1 atom stereocenters. The molecule has 0 amide bonds. The van der Waals surface area contributed by atoms with Crippen LogP contribution in [0.3, 0.4) is 0 Å². The molecule has 1 aliphatic carbocycles. The fraction of sp³-hybridized carbons (Fsp3) is 0.552. The summed E-state index contributed by atoms with van der Waals surface area (Å²) in [5, 5.41) is 0. The van der Waals surface area contributed by atoms with Crippen molar-refractivity contribution in [1.82, 2.24) is 0 Å². The Morgan fingerprint density at radius 1 is 0.939 bits per heavy atom. The molecule has 3 rings (SSSR count). The molecule has 1 fully saturated rings. The van der Waals surface area contributed by atoms with E-state index in [1.165, 1.54) is 16.7 Å². The molecule has 0 aliphatic heterocycles. The second-order valence-electron chi connectivity index (χ2n) is 9.30. The number of esters is 1. The van der Waals surface area contributed by atoms with Gasteiger partial charge in [0.1, 0.15) is 11.9 Å². The number of benzene rings is 2. The predicted octanol–water partition coefficient (Wildman–Crippen LogP) is 7.71. The zero-order valence-electron chi connectivity index (χ0n) is 20.2. The number of carbonyl (C=O) groups is 1. The highest BCUT2D eigenvalue weighted by molar-refractivity contribution is 5.74. The van der Waals surface area contributed by atoms with E-state index in [1.807, 2.05) is 19.1 Å². The molecule has 33 heavy (non-hydrogen) atoms. The number of unbranched alkanes of at least 4 members (excludes halogenated alkanes) is 1. The number of carbonyl (C=O) groups excluding carboxylic acids is 1. The summed E-state index contributed by atoms with van der Waals surface area (Å²) in [6.07, 6.45) is 7.36. The second kappa shape index (κ2) is 13.4. The molecule has 2 aromatic rings. The molecule has 1 saturated carbocycles. The third kappa shape index (κ3) is 8.17. The zero-order chi connectivity index (χ0) is 23.5. The first kappa shape index (κ1) is 25.3. The van der Waals surface area contributed by atoms with E-state index in [9.17, 15) is 9.18 Å². The van der Waals surface area contributed by atoms with Gasteiger partial charge in [-0.1, -0.05) is 63.1 Å². The van der Waals surface area contributed by atoms with E-state index in [4.69, 9.17) is 9.47 Å². The van der Waals surface area contributed by atoms with E-state index in [0.29, 0.717) is 5.92 Å². The van der Waals surface area contributed by atoms with Gasteiger partial charge in [-0.25, -0.2) is 9.18 Å². The number of alkyl halides is 1. The summed E-state index contributed by atoms with van der Waals surface area (Å²) in [6, 6.07) is 17.1. The van der Waals surface area contributed by atoms with Crippen molar-refractivity contribution in [2.75, 3.05) is 6.61 Å². The third-order valence-corrected chi connectivity index (χ3v) is 6.60. The first-order valence-electron chi connectivity index (χ1n) is 12.8. The van der Waals surface area contributed by atoms with Gasteiger partial charge >= 0.3 is 5.97 Å². The molecule has 2 aromatic carbocycles. The summed E-state index contributed by atoms with van der Waals surface area (Å²) < 4.78 is 24.9. The number of aryl methyl sites for hydroxylation is 1. The fourth-order valence-corrected chi connectivity index (χ4v) is 4.48. The molecule has 0 N–H and O–H groups in total. The molecule has 0 spiro atoms. The lowest BCUT2D eigenvalue weighted by Crippen LogP contribution is -2.29. The SMILES string of the molecule is CCCC[C@H](F)C(=O)O[C@H]1CC[C@H](CCc2ccc(-c3ccc(OCCC)cc3)cc2)CC1. The highest BCUT2D eigenvalue weighted by Crippen LogP contribution is 2.30. The van der Waals surface area contributed by atoms with Gasteiger partial charge in [0.05, 0.1) is 6.61 Å². The van der Waals surface area contributed by atoms with Crippen LogP contribution < -0.4 is 4.74 Å². The van der Waals surface area contributed by atoms with Crippen molar-refractivity contribution in [3.8, 4) is 16.9 Å². The maximum atomic E-state index is 13.8. The molecule has 180 valence electrons. The molecule has 0 unspecified atom stereocenters. The monoisotopic (exact) mass is 454 g/mol. The van der Waals surface area contributed by atoms with Crippen LogP contribution in [0.1, 0.15) is 77.2 Å². The molecular formula is C29H39FO3. The average molecular weight is 455 g/mol. The Morgan fingerprint density at radius 2 is 1.58 bits per heavy atom. The maximum absolute atomic E-state index is 13.8. The summed E-state index contributed by atoms with van der Waals surface area (Å²) in [4.78, 5) is 11.9. The largest absolute Gasteiger partial charge is 0.494 e. The predicted molar refractivity (Wildman–Crippen MR) is 132 cm³/mol. The molecule has 0 bridgehead atoms. The number of hydrogen-bond donors (Lipinski definition) is 0. The van der Waals surface area contributed by atoms with Crippen molar-refractivity contribution in [2.45, 2.75) is 90.3 Å². The minimum absolute atomic E-state index is 0.105. The number of rotatable bonds is 12. The van der Waals surface area contributed by atoms with Crippen molar-refractivity contribution in [2.24, 2.45) is 5.92 Å². The summed E-state index contributed by atoms with van der Waals surface area (Å²) >= 11 is 0. The smallest absolute Gasteiger partial charge is 0.340 e. The van der Waals surface area contributed by atoms with Crippen LogP contribution in [0, 0.1) is 5.92 Å². The Bertz CT molecular complexity index is 823. The highest BCUT2D eigenvalue weighted by atomic mass is 19.1. The van der Waals surface area contributed by atoms with Gasteiger partial charge in [0.15, 0.2) is 6.17 Å². The van der Waals surface area contributed by atoms with E-state index in [2.05, 4.69) is 43.3 Å². The van der Waals surface area contributed by atoms with Gasteiger partial charge in [0, 0.05) is 0 Å². The lowest BCUT2D eigenvalue weighted by atomic mass is 9.83. The molecule has 0 aromatic heterocycles. The molecule has 0 saturated heterocycles. The zero-order valence-corrected chi connectivity index (χ0v) is 20.2. The molecular weight excluding hydrogens is 415 g/mol. The van der Waals surface area contributed by atoms with Gasteiger partial charge in [-0.05, 0) is 86.1 Å². The van der Waals surface area contributed by atoms with E-state index in [-0.39, 0.29) is 12.5 Å². The van der Waals surface area contributed by atoms with Crippen molar-refractivity contribution in [3.63, 3.8) is 0 Å². The van der Waals surface area contributed by atoms with Crippen LogP contribution in [-0.2, 0) is 16.0 Å². The fourth-order valence-electron chi connectivity index (χ4n) is 4.48. The van der Waals surface area contributed by atoms with Gasteiger partial charge < -0.3 is 9.47 Å². The minimum Gasteiger partial charge on any atom is -0.494 e. The summed E-state index contributed by atoms with van der Waals surface area (Å²) in [7, 11) is 0. The van der Waals surface area contributed by atoms with Gasteiger partial charge in [-0.3, -0.25) is 0 Å².